The smallest absolute Gasteiger partial charge is 0.410 e. The SMILES string of the molecule is CC(C)(C)OC(=O)N1CCn2c(nnc2C2CCN(CCCOc3cc(C(N)=O)cc([N+](=O)[O-])c3Cl)CC2)C1. The zero-order chi connectivity index (χ0) is 28.3. The second-order valence-electron chi connectivity index (χ2n) is 10.8. The van der Waals surface area contributed by atoms with E-state index in [-0.39, 0.29) is 29.0 Å². The topological polar surface area (TPSA) is 159 Å². The molecule has 0 radical (unpaired) electrons. The first kappa shape index (κ1) is 28.6. The van der Waals surface area contributed by atoms with Gasteiger partial charge in [-0.2, -0.15) is 0 Å². The molecule has 2 aliphatic heterocycles. The monoisotopic (exact) mass is 563 g/mol. The Balaban J connectivity index is 1.25. The van der Waals surface area contributed by atoms with Gasteiger partial charge in [-0.25, -0.2) is 4.79 Å². The Bertz CT molecular complexity index is 1240. The fourth-order valence-corrected chi connectivity index (χ4v) is 5.05. The number of carbonyl (C=O) groups is 2. The number of nitro benzene ring substituents is 1. The number of primary amides is 1. The summed E-state index contributed by atoms with van der Waals surface area (Å²) in [6, 6.07) is 2.38. The summed E-state index contributed by atoms with van der Waals surface area (Å²) in [4.78, 5) is 38.5. The van der Waals surface area contributed by atoms with E-state index in [9.17, 15) is 19.7 Å². The van der Waals surface area contributed by atoms with Gasteiger partial charge in [0.1, 0.15) is 17.2 Å². The minimum atomic E-state index is -0.795. The van der Waals surface area contributed by atoms with E-state index in [2.05, 4.69) is 19.7 Å². The van der Waals surface area contributed by atoms with Crippen LogP contribution in [0.3, 0.4) is 0 Å². The molecule has 212 valence electrons. The van der Waals surface area contributed by atoms with Gasteiger partial charge in [-0.1, -0.05) is 11.6 Å². The molecule has 1 fully saturated rings. The highest BCUT2D eigenvalue weighted by Crippen LogP contribution is 2.35. The molecule has 1 aromatic carbocycles. The summed E-state index contributed by atoms with van der Waals surface area (Å²) in [5.74, 6) is 1.32. The predicted molar refractivity (Wildman–Crippen MR) is 142 cm³/mol. The number of nitro groups is 1. The molecule has 13 nitrogen and oxygen atoms in total. The van der Waals surface area contributed by atoms with Gasteiger partial charge in [0.15, 0.2) is 10.8 Å². The molecule has 0 saturated carbocycles. The zero-order valence-corrected chi connectivity index (χ0v) is 23.1. The largest absolute Gasteiger partial charge is 0.492 e. The lowest BCUT2D eigenvalue weighted by Crippen LogP contribution is -2.42. The number of hydrogen-bond donors (Lipinski definition) is 1. The zero-order valence-electron chi connectivity index (χ0n) is 22.4. The van der Waals surface area contributed by atoms with E-state index in [0.717, 1.165) is 50.2 Å². The summed E-state index contributed by atoms with van der Waals surface area (Å²) in [6.07, 6.45) is 2.22. The fraction of sp³-hybridized carbons (Fsp3) is 0.600. The highest BCUT2D eigenvalue weighted by molar-refractivity contribution is 6.34. The molecular formula is C25H34ClN7O6. The van der Waals surface area contributed by atoms with E-state index >= 15 is 0 Å². The number of carbonyl (C=O) groups excluding carboxylic acids is 2. The van der Waals surface area contributed by atoms with Crippen molar-refractivity contribution >= 4 is 29.3 Å². The average Bonchev–Trinajstić information content (AvgIpc) is 3.30. The summed E-state index contributed by atoms with van der Waals surface area (Å²) < 4.78 is 13.3. The third-order valence-electron chi connectivity index (χ3n) is 6.76. The van der Waals surface area contributed by atoms with Gasteiger partial charge in [0.2, 0.25) is 5.91 Å². The number of piperidine rings is 1. The number of nitrogens with zero attached hydrogens (tertiary/aromatic N) is 6. The van der Waals surface area contributed by atoms with Crippen LogP contribution >= 0.6 is 11.6 Å². The molecule has 2 aromatic rings. The van der Waals surface area contributed by atoms with Crippen molar-refractivity contribution in [3.05, 3.63) is 44.5 Å². The van der Waals surface area contributed by atoms with Gasteiger partial charge < -0.3 is 24.7 Å². The van der Waals surface area contributed by atoms with Crippen molar-refractivity contribution in [2.45, 2.75) is 64.6 Å². The molecule has 0 aliphatic carbocycles. The Kier molecular flexibility index (Phi) is 8.60. The molecule has 0 spiro atoms. The minimum absolute atomic E-state index is 0.0311. The van der Waals surface area contributed by atoms with E-state index in [1.165, 1.54) is 6.07 Å². The number of aromatic nitrogens is 3. The highest BCUT2D eigenvalue weighted by Gasteiger charge is 2.31. The Morgan fingerprint density at radius 3 is 2.54 bits per heavy atom. The van der Waals surface area contributed by atoms with Crippen molar-refractivity contribution in [1.29, 1.82) is 0 Å². The molecule has 14 heteroatoms. The van der Waals surface area contributed by atoms with Crippen LogP contribution in [-0.2, 0) is 17.8 Å². The maximum absolute atomic E-state index is 12.4. The van der Waals surface area contributed by atoms with E-state index in [1.807, 2.05) is 20.8 Å². The van der Waals surface area contributed by atoms with E-state index < -0.39 is 22.1 Å². The Morgan fingerprint density at radius 1 is 1.18 bits per heavy atom. The number of hydrogen-bond acceptors (Lipinski definition) is 9. The lowest BCUT2D eigenvalue weighted by molar-refractivity contribution is -0.384. The van der Waals surface area contributed by atoms with Gasteiger partial charge in [-0.3, -0.25) is 19.8 Å². The van der Waals surface area contributed by atoms with E-state index in [0.29, 0.717) is 32.0 Å². The standard InChI is InChI=1S/C25H34ClN7O6/c1-25(2,3)39-24(35)31-10-11-32-20(15-31)28-29-23(32)16-5-8-30(9-6-16)7-4-12-38-19-14-17(22(27)34)13-18(21(19)26)33(36)37/h13-14,16H,4-12,15H2,1-3H3,(H2,27,34). The van der Waals surface area contributed by atoms with Crippen LogP contribution in [0.1, 0.15) is 68.0 Å². The molecule has 1 saturated heterocycles. The molecule has 2 N–H and O–H groups in total. The van der Waals surface area contributed by atoms with Crippen molar-refractivity contribution in [1.82, 2.24) is 24.6 Å². The quantitative estimate of drug-likeness (QED) is 0.288. The van der Waals surface area contributed by atoms with Crippen LogP contribution in [0, 0.1) is 10.1 Å². The lowest BCUT2D eigenvalue weighted by Gasteiger charge is -2.33. The minimum Gasteiger partial charge on any atom is -0.492 e. The molecule has 39 heavy (non-hydrogen) atoms. The molecule has 2 amide bonds. The molecule has 0 atom stereocenters. The number of benzene rings is 1. The summed E-state index contributed by atoms with van der Waals surface area (Å²) in [7, 11) is 0. The number of amides is 2. The Hall–Kier alpha value is -3.45. The highest BCUT2D eigenvalue weighted by atomic mass is 35.5. The maximum atomic E-state index is 12.4. The molecule has 0 bridgehead atoms. The van der Waals surface area contributed by atoms with E-state index in [4.69, 9.17) is 26.8 Å². The lowest BCUT2D eigenvalue weighted by atomic mass is 9.95. The molecular weight excluding hydrogens is 530 g/mol. The summed E-state index contributed by atoms with van der Waals surface area (Å²) in [5.41, 5.74) is 4.28. The van der Waals surface area contributed by atoms with Crippen molar-refractivity contribution in [2.24, 2.45) is 5.73 Å². The van der Waals surface area contributed by atoms with Gasteiger partial charge in [0.25, 0.3) is 5.69 Å². The number of rotatable bonds is 8. The predicted octanol–water partition coefficient (Wildman–Crippen LogP) is 3.34. The van der Waals surface area contributed by atoms with Gasteiger partial charge in [-0.05, 0) is 59.2 Å². The van der Waals surface area contributed by atoms with Gasteiger partial charge in [0.05, 0.1) is 18.1 Å². The van der Waals surface area contributed by atoms with Crippen LogP contribution in [0.5, 0.6) is 5.75 Å². The van der Waals surface area contributed by atoms with Gasteiger partial charge in [-0.15, -0.1) is 10.2 Å². The Morgan fingerprint density at radius 2 is 1.90 bits per heavy atom. The summed E-state index contributed by atoms with van der Waals surface area (Å²) in [6.45, 7) is 9.98. The molecule has 2 aliphatic rings. The van der Waals surface area contributed by atoms with Crippen LogP contribution in [-0.4, -0.2) is 79.9 Å². The molecule has 4 rings (SSSR count). The van der Waals surface area contributed by atoms with Crippen molar-refractivity contribution < 1.29 is 24.0 Å². The Labute approximate surface area is 231 Å². The number of halogens is 1. The second kappa shape index (κ2) is 11.7. The van der Waals surface area contributed by atoms with Crippen LogP contribution in [0.2, 0.25) is 5.02 Å². The fourth-order valence-electron chi connectivity index (χ4n) is 4.81. The number of nitrogens with two attached hydrogens (primary N) is 1. The van der Waals surface area contributed by atoms with Crippen LogP contribution in [0.4, 0.5) is 10.5 Å². The maximum Gasteiger partial charge on any atom is 0.410 e. The van der Waals surface area contributed by atoms with Crippen molar-refractivity contribution in [3.63, 3.8) is 0 Å². The first-order valence-corrected chi connectivity index (χ1v) is 13.3. The third kappa shape index (κ3) is 6.95. The summed E-state index contributed by atoms with van der Waals surface area (Å²) in [5, 5.41) is 19.9. The van der Waals surface area contributed by atoms with Crippen LogP contribution in [0.15, 0.2) is 12.1 Å². The van der Waals surface area contributed by atoms with Crippen LogP contribution in [0.25, 0.3) is 0 Å². The van der Waals surface area contributed by atoms with Crippen molar-refractivity contribution in [3.8, 4) is 5.75 Å². The van der Waals surface area contributed by atoms with Crippen molar-refractivity contribution in [2.75, 3.05) is 32.8 Å². The average molecular weight is 564 g/mol. The molecule has 1 aromatic heterocycles. The number of fused-ring (bicyclic) bond motifs is 1. The molecule has 3 heterocycles. The normalized spacial score (nSPS) is 16.6. The first-order chi connectivity index (χ1) is 18.4. The first-order valence-electron chi connectivity index (χ1n) is 13.0. The van der Waals surface area contributed by atoms with Gasteiger partial charge in [0, 0.05) is 37.2 Å². The molecule has 0 unspecified atom stereocenters. The summed E-state index contributed by atoms with van der Waals surface area (Å²) >= 11 is 6.10. The number of likely N-dealkylation sites (tertiary alicyclic amines) is 1. The van der Waals surface area contributed by atoms with Gasteiger partial charge >= 0.3 is 6.09 Å². The van der Waals surface area contributed by atoms with E-state index in [1.54, 1.807) is 4.90 Å². The van der Waals surface area contributed by atoms with Crippen LogP contribution < -0.4 is 10.5 Å². The second-order valence-corrected chi connectivity index (χ2v) is 11.2. The number of ether oxygens (including phenoxy) is 2. The third-order valence-corrected chi connectivity index (χ3v) is 7.14.